The van der Waals surface area contributed by atoms with Gasteiger partial charge >= 0.3 is 0 Å². The van der Waals surface area contributed by atoms with Crippen LogP contribution in [0.2, 0.25) is 0 Å². The molecule has 0 aliphatic carbocycles. The predicted molar refractivity (Wildman–Crippen MR) is 77.1 cm³/mol. The average Bonchev–Trinajstić information content (AvgIpc) is 2.91. The lowest BCUT2D eigenvalue weighted by atomic mass is 10.2. The van der Waals surface area contributed by atoms with E-state index < -0.39 is 21.5 Å². The summed E-state index contributed by atoms with van der Waals surface area (Å²) in [5.74, 6) is -0.0264. The second-order valence-electron chi connectivity index (χ2n) is 4.54. The molecule has 10 heteroatoms. The Hall–Kier alpha value is -1.24. The Bertz CT molecular complexity index is 715. The third-order valence-electron chi connectivity index (χ3n) is 3.19. The van der Waals surface area contributed by atoms with Crippen LogP contribution in [0.3, 0.4) is 0 Å². The number of aromatic nitrogens is 4. The van der Waals surface area contributed by atoms with Crippen molar-refractivity contribution < 1.29 is 14.9 Å². The highest BCUT2D eigenvalue weighted by Gasteiger charge is 2.46. The molecular formula is C10H12IN5O4. The van der Waals surface area contributed by atoms with Crippen molar-refractivity contribution >= 4 is 39.7 Å². The number of rotatable bonds is 2. The lowest BCUT2D eigenvalue weighted by Gasteiger charge is -2.23. The van der Waals surface area contributed by atoms with Crippen LogP contribution < -0.4 is 11.3 Å². The zero-order chi connectivity index (χ0) is 14.5. The number of halogens is 1. The standard InChI is InChI=1S/C10H12IN5O4/c11-10(1-4(18)5(2-17)20-10)16-3-13-6-7(16)14-9(12)15-8(6)19/h3-5,17-18H,1-2H2,(H3,12,14,15,19)/t4-,5+,10-/m0/s1. The molecule has 2 aromatic heterocycles. The van der Waals surface area contributed by atoms with Crippen LogP contribution in [0.15, 0.2) is 11.1 Å². The van der Waals surface area contributed by atoms with Crippen molar-refractivity contribution in [3.63, 3.8) is 0 Å². The first kappa shape index (κ1) is 13.7. The highest BCUT2D eigenvalue weighted by atomic mass is 127. The molecule has 0 aromatic carbocycles. The second kappa shape index (κ2) is 4.65. The Labute approximate surface area is 125 Å². The predicted octanol–water partition coefficient (Wildman–Crippen LogP) is -1.11. The number of aliphatic hydroxyl groups excluding tert-OH is 2. The molecule has 0 amide bonds. The molecule has 0 unspecified atom stereocenters. The largest absolute Gasteiger partial charge is 0.394 e. The quantitative estimate of drug-likeness (QED) is 0.375. The summed E-state index contributed by atoms with van der Waals surface area (Å²) in [6.07, 6.45) is 0.140. The summed E-state index contributed by atoms with van der Waals surface area (Å²) in [4.78, 5) is 22.1. The number of anilines is 1. The van der Waals surface area contributed by atoms with Crippen molar-refractivity contribution in [1.82, 2.24) is 19.5 Å². The number of imidazole rings is 1. The minimum absolute atomic E-state index is 0.0264. The van der Waals surface area contributed by atoms with E-state index in [9.17, 15) is 9.90 Å². The molecule has 2 aromatic rings. The number of ether oxygens (including phenoxy) is 1. The summed E-state index contributed by atoms with van der Waals surface area (Å²) in [6.45, 7) is -0.297. The SMILES string of the molecule is Nc1nc2c(ncn2[C@@]2(I)C[C@H](O)[C@@H](CO)O2)c(=O)[nH]1. The van der Waals surface area contributed by atoms with E-state index in [1.807, 2.05) is 22.6 Å². The fraction of sp³-hybridized carbons (Fsp3) is 0.500. The molecule has 3 atom stereocenters. The molecule has 1 saturated heterocycles. The zero-order valence-corrected chi connectivity index (χ0v) is 12.3. The van der Waals surface area contributed by atoms with Gasteiger partial charge in [0.25, 0.3) is 5.56 Å². The van der Waals surface area contributed by atoms with Gasteiger partial charge in [-0.2, -0.15) is 4.98 Å². The Morgan fingerprint density at radius 2 is 2.45 bits per heavy atom. The monoisotopic (exact) mass is 393 g/mol. The number of nitrogens with two attached hydrogens (primary N) is 1. The molecule has 0 radical (unpaired) electrons. The van der Waals surface area contributed by atoms with Crippen molar-refractivity contribution in [3.05, 3.63) is 16.7 Å². The van der Waals surface area contributed by atoms with Gasteiger partial charge in [-0.05, 0) is 22.6 Å². The van der Waals surface area contributed by atoms with Crippen LogP contribution in [0.25, 0.3) is 11.2 Å². The van der Waals surface area contributed by atoms with Gasteiger partial charge in [-0.15, -0.1) is 0 Å². The lowest BCUT2D eigenvalue weighted by Crippen LogP contribution is -2.28. The number of fused-ring (bicyclic) bond motifs is 1. The highest BCUT2D eigenvalue weighted by molar-refractivity contribution is 14.1. The van der Waals surface area contributed by atoms with Crippen LogP contribution in [0.5, 0.6) is 0 Å². The van der Waals surface area contributed by atoms with Crippen molar-refractivity contribution in [2.75, 3.05) is 12.3 Å². The molecule has 0 spiro atoms. The van der Waals surface area contributed by atoms with Crippen LogP contribution >= 0.6 is 22.6 Å². The third kappa shape index (κ3) is 1.99. The van der Waals surface area contributed by atoms with Gasteiger partial charge in [0.05, 0.1) is 12.7 Å². The third-order valence-corrected chi connectivity index (χ3v) is 4.40. The van der Waals surface area contributed by atoms with Gasteiger partial charge in [0.2, 0.25) is 9.68 Å². The van der Waals surface area contributed by atoms with Crippen molar-refractivity contribution in [2.45, 2.75) is 22.4 Å². The first-order valence-electron chi connectivity index (χ1n) is 5.83. The van der Waals surface area contributed by atoms with Gasteiger partial charge < -0.3 is 20.7 Å². The molecule has 108 valence electrons. The first-order valence-corrected chi connectivity index (χ1v) is 6.91. The van der Waals surface area contributed by atoms with Gasteiger partial charge in [-0.3, -0.25) is 14.3 Å². The summed E-state index contributed by atoms with van der Waals surface area (Å²) >= 11 is 1.99. The van der Waals surface area contributed by atoms with E-state index in [0.717, 1.165) is 0 Å². The van der Waals surface area contributed by atoms with E-state index in [1.165, 1.54) is 10.9 Å². The fourth-order valence-electron chi connectivity index (χ4n) is 2.23. The number of hydrogen-bond donors (Lipinski definition) is 4. The summed E-state index contributed by atoms with van der Waals surface area (Å²) in [5.41, 5.74) is 5.50. The maximum absolute atomic E-state index is 11.7. The van der Waals surface area contributed by atoms with Crippen molar-refractivity contribution in [2.24, 2.45) is 0 Å². The molecule has 3 rings (SSSR count). The average molecular weight is 393 g/mol. The maximum Gasteiger partial charge on any atom is 0.280 e. The Balaban J connectivity index is 2.14. The molecule has 1 fully saturated rings. The number of alkyl halides is 1. The fourth-order valence-corrected chi connectivity index (χ4v) is 3.36. The van der Waals surface area contributed by atoms with Crippen molar-refractivity contribution in [3.8, 4) is 0 Å². The molecule has 1 aliphatic rings. The molecule has 0 saturated carbocycles. The Kier molecular flexibility index (Phi) is 3.19. The number of nitrogens with zero attached hydrogens (tertiary/aromatic N) is 3. The van der Waals surface area contributed by atoms with Crippen LogP contribution in [-0.2, 0) is 8.47 Å². The topological polar surface area (TPSA) is 139 Å². The zero-order valence-electron chi connectivity index (χ0n) is 10.2. The van der Waals surface area contributed by atoms with E-state index in [-0.39, 0.29) is 30.1 Å². The molecule has 0 bridgehead atoms. The van der Waals surface area contributed by atoms with E-state index >= 15 is 0 Å². The number of nitrogen functional groups attached to an aromatic ring is 1. The normalized spacial score (nSPS) is 30.1. The van der Waals surface area contributed by atoms with Crippen LogP contribution in [0.4, 0.5) is 5.95 Å². The lowest BCUT2D eigenvalue weighted by molar-refractivity contribution is -0.0523. The van der Waals surface area contributed by atoms with Crippen LogP contribution in [0.1, 0.15) is 6.42 Å². The Morgan fingerprint density at radius 1 is 1.70 bits per heavy atom. The number of hydrogen-bond acceptors (Lipinski definition) is 7. The minimum atomic E-state index is -0.980. The summed E-state index contributed by atoms with van der Waals surface area (Å²) in [5, 5.41) is 19.0. The Morgan fingerprint density at radius 3 is 3.10 bits per heavy atom. The van der Waals surface area contributed by atoms with Gasteiger partial charge in [0, 0.05) is 6.42 Å². The summed E-state index contributed by atoms with van der Waals surface area (Å²) in [7, 11) is 0. The number of nitrogens with one attached hydrogen (secondary N) is 1. The number of aromatic amines is 1. The molecule has 20 heavy (non-hydrogen) atoms. The minimum Gasteiger partial charge on any atom is -0.394 e. The van der Waals surface area contributed by atoms with Crippen molar-refractivity contribution in [1.29, 1.82) is 0 Å². The van der Waals surface area contributed by atoms with Gasteiger partial charge in [-0.1, -0.05) is 0 Å². The second-order valence-corrected chi connectivity index (χ2v) is 6.22. The van der Waals surface area contributed by atoms with E-state index in [0.29, 0.717) is 0 Å². The molecule has 5 N–H and O–H groups in total. The van der Waals surface area contributed by atoms with E-state index in [2.05, 4.69) is 15.0 Å². The van der Waals surface area contributed by atoms with E-state index in [1.54, 1.807) is 0 Å². The smallest absolute Gasteiger partial charge is 0.280 e. The number of aliphatic hydroxyl groups is 2. The molecule has 9 nitrogen and oxygen atoms in total. The molecular weight excluding hydrogens is 381 g/mol. The molecule has 3 heterocycles. The molecule has 1 aliphatic heterocycles. The first-order chi connectivity index (χ1) is 9.44. The van der Waals surface area contributed by atoms with Gasteiger partial charge in [0.15, 0.2) is 11.2 Å². The van der Waals surface area contributed by atoms with Crippen LogP contribution in [-0.4, -0.2) is 48.5 Å². The maximum atomic E-state index is 11.7. The van der Waals surface area contributed by atoms with Crippen LogP contribution in [0, 0.1) is 0 Å². The highest BCUT2D eigenvalue weighted by Crippen LogP contribution is 2.42. The van der Waals surface area contributed by atoms with Gasteiger partial charge in [-0.25, -0.2) is 4.98 Å². The summed E-state index contributed by atoms with van der Waals surface area (Å²) in [6, 6.07) is 0. The van der Waals surface area contributed by atoms with Gasteiger partial charge in [0.1, 0.15) is 12.4 Å². The number of H-pyrrole nitrogens is 1. The summed E-state index contributed by atoms with van der Waals surface area (Å²) < 4.78 is 6.21. The van der Waals surface area contributed by atoms with E-state index in [4.69, 9.17) is 15.6 Å².